The van der Waals surface area contributed by atoms with Gasteiger partial charge in [0, 0.05) is 21.3 Å². The highest BCUT2D eigenvalue weighted by Crippen LogP contribution is 2.20. The van der Waals surface area contributed by atoms with Gasteiger partial charge in [0.15, 0.2) is 0 Å². The lowest BCUT2D eigenvalue weighted by molar-refractivity contribution is 0.0696. The van der Waals surface area contributed by atoms with Crippen LogP contribution in [0.25, 0.3) is 0 Å². The van der Waals surface area contributed by atoms with Gasteiger partial charge in [-0.25, -0.2) is 4.79 Å². The lowest BCUT2D eigenvalue weighted by Crippen LogP contribution is -2.12. The summed E-state index contributed by atoms with van der Waals surface area (Å²) in [5.41, 5.74) is 0.727. The van der Waals surface area contributed by atoms with Crippen LogP contribution in [0.3, 0.4) is 0 Å². The molecule has 0 atom stereocenters. The molecule has 0 bridgehead atoms. The smallest absolute Gasteiger partial charge is 0.335 e. The van der Waals surface area contributed by atoms with Crippen LogP contribution in [-0.4, -0.2) is 17.0 Å². The summed E-state index contributed by atoms with van der Waals surface area (Å²) >= 11 is 11.6. The largest absolute Gasteiger partial charge is 0.478 e. The van der Waals surface area contributed by atoms with Gasteiger partial charge < -0.3 is 10.4 Å². The van der Waals surface area contributed by atoms with E-state index in [0.29, 0.717) is 16.3 Å². The maximum absolute atomic E-state index is 12.0. The fourth-order valence-electron chi connectivity index (χ4n) is 1.59. The van der Waals surface area contributed by atoms with Crippen molar-refractivity contribution in [1.29, 1.82) is 0 Å². The van der Waals surface area contributed by atoms with Crippen molar-refractivity contribution in [3.8, 4) is 0 Å². The van der Waals surface area contributed by atoms with E-state index in [0.717, 1.165) is 0 Å². The van der Waals surface area contributed by atoms with Crippen LogP contribution in [0.1, 0.15) is 20.7 Å². The minimum absolute atomic E-state index is 0.00362. The van der Waals surface area contributed by atoms with Crippen molar-refractivity contribution >= 4 is 40.8 Å². The minimum atomic E-state index is -1.12. The van der Waals surface area contributed by atoms with Gasteiger partial charge in [-0.1, -0.05) is 23.2 Å². The van der Waals surface area contributed by atoms with Gasteiger partial charge in [0.1, 0.15) is 0 Å². The molecule has 0 fully saturated rings. The monoisotopic (exact) mass is 309 g/mol. The van der Waals surface area contributed by atoms with Crippen LogP contribution in [-0.2, 0) is 0 Å². The molecule has 20 heavy (non-hydrogen) atoms. The molecule has 2 N–H and O–H groups in total. The summed E-state index contributed by atoms with van der Waals surface area (Å²) in [6, 6.07) is 10.4. The van der Waals surface area contributed by atoms with Gasteiger partial charge in [-0.2, -0.15) is 0 Å². The highest BCUT2D eigenvalue weighted by Gasteiger charge is 2.10. The molecular formula is C14H9Cl2NO3. The van der Waals surface area contributed by atoms with Gasteiger partial charge in [0.05, 0.1) is 5.56 Å². The molecule has 2 aromatic rings. The molecule has 2 aromatic carbocycles. The van der Waals surface area contributed by atoms with Gasteiger partial charge in [-0.05, 0) is 42.5 Å². The van der Waals surface area contributed by atoms with E-state index in [1.807, 2.05) is 0 Å². The zero-order chi connectivity index (χ0) is 14.7. The zero-order valence-corrected chi connectivity index (χ0v) is 11.6. The van der Waals surface area contributed by atoms with Crippen molar-refractivity contribution in [2.75, 3.05) is 5.32 Å². The number of carboxylic acid groups (broad SMARTS) is 1. The number of nitrogens with one attached hydrogen (secondary N) is 1. The van der Waals surface area contributed by atoms with E-state index in [4.69, 9.17) is 28.3 Å². The topological polar surface area (TPSA) is 66.4 Å². The van der Waals surface area contributed by atoms with Crippen LogP contribution in [0.4, 0.5) is 5.69 Å². The van der Waals surface area contributed by atoms with Crippen LogP contribution < -0.4 is 5.32 Å². The third-order valence-electron chi connectivity index (χ3n) is 2.51. The summed E-state index contributed by atoms with van der Waals surface area (Å²) in [6.07, 6.45) is 0. The Hall–Kier alpha value is -2.04. The van der Waals surface area contributed by atoms with Crippen LogP contribution in [0.5, 0.6) is 0 Å². The van der Waals surface area contributed by atoms with Gasteiger partial charge >= 0.3 is 5.97 Å². The molecule has 102 valence electrons. The minimum Gasteiger partial charge on any atom is -0.478 e. The standard InChI is InChI=1S/C14H9Cl2NO3/c15-10-3-1-8(2-4-10)13(18)17-12-6-9(14(19)20)5-11(16)7-12/h1-7H,(H,17,18)(H,19,20). The van der Waals surface area contributed by atoms with E-state index in [-0.39, 0.29) is 16.5 Å². The van der Waals surface area contributed by atoms with E-state index >= 15 is 0 Å². The third-order valence-corrected chi connectivity index (χ3v) is 2.98. The highest BCUT2D eigenvalue weighted by atomic mass is 35.5. The molecule has 0 aliphatic carbocycles. The second-order valence-corrected chi connectivity index (χ2v) is 4.87. The number of benzene rings is 2. The van der Waals surface area contributed by atoms with Crippen molar-refractivity contribution < 1.29 is 14.7 Å². The molecule has 1 amide bonds. The highest BCUT2D eigenvalue weighted by molar-refractivity contribution is 6.31. The number of rotatable bonds is 3. The van der Waals surface area contributed by atoms with Gasteiger partial charge in [-0.3, -0.25) is 4.79 Å². The Morgan fingerprint density at radius 2 is 1.55 bits per heavy atom. The number of carboxylic acids is 1. The summed E-state index contributed by atoms with van der Waals surface area (Å²) in [6.45, 7) is 0. The van der Waals surface area contributed by atoms with Crippen molar-refractivity contribution in [3.05, 3.63) is 63.6 Å². The van der Waals surface area contributed by atoms with Gasteiger partial charge in [0.2, 0.25) is 0 Å². The van der Waals surface area contributed by atoms with Crippen molar-refractivity contribution in [1.82, 2.24) is 0 Å². The first-order chi connectivity index (χ1) is 9.45. The Labute approximate surface area is 124 Å². The molecule has 6 heteroatoms. The van der Waals surface area contributed by atoms with E-state index in [2.05, 4.69) is 5.32 Å². The Balaban J connectivity index is 2.23. The molecule has 0 saturated heterocycles. The Kier molecular flexibility index (Phi) is 4.27. The first kappa shape index (κ1) is 14.4. The molecule has 0 saturated carbocycles. The predicted molar refractivity (Wildman–Crippen MR) is 77.8 cm³/mol. The zero-order valence-electron chi connectivity index (χ0n) is 10.1. The summed E-state index contributed by atoms with van der Waals surface area (Å²) in [4.78, 5) is 22.9. The fourth-order valence-corrected chi connectivity index (χ4v) is 1.95. The summed E-state index contributed by atoms with van der Waals surface area (Å²) < 4.78 is 0. The summed E-state index contributed by atoms with van der Waals surface area (Å²) in [5.74, 6) is -1.49. The van der Waals surface area contributed by atoms with Gasteiger partial charge in [-0.15, -0.1) is 0 Å². The number of carbonyl (C=O) groups is 2. The van der Waals surface area contributed by atoms with Crippen molar-refractivity contribution in [2.24, 2.45) is 0 Å². The summed E-state index contributed by atoms with van der Waals surface area (Å²) in [5, 5.41) is 12.3. The first-order valence-corrected chi connectivity index (χ1v) is 6.32. The maximum atomic E-state index is 12.0. The van der Waals surface area contributed by atoms with E-state index in [1.54, 1.807) is 24.3 Å². The number of hydrogen-bond donors (Lipinski definition) is 2. The third kappa shape index (κ3) is 3.50. The van der Waals surface area contributed by atoms with E-state index in [9.17, 15) is 9.59 Å². The molecular weight excluding hydrogens is 301 g/mol. The number of anilines is 1. The molecule has 0 radical (unpaired) electrons. The normalized spacial score (nSPS) is 10.1. The SMILES string of the molecule is O=C(O)c1cc(Cl)cc(NC(=O)c2ccc(Cl)cc2)c1. The Bertz CT molecular complexity index is 669. The molecule has 0 spiro atoms. The van der Waals surface area contributed by atoms with Crippen molar-refractivity contribution in [3.63, 3.8) is 0 Å². The van der Waals surface area contributed by atoms with E-state index < -0.39 is 5.97 Å². The predicted octanol–water partition coefficient (Wildman–Crippen LogP) is 3.94. The van der Waals surface area contributed by atoms with Crippen LogP contribution in [0.2, 0.25) is 10.0 Å². The second-order valence-electron chi connectivity index (χ2n) is 3.99. The molecule has 2 rings (SSSR count). The molecule has 0 heterocycles. The van der Waals surface area contributed by atoms with Crippen LogP contribution >= 0.6 is 23.2 Å². The first-order valence-electron chi connectivity index (χ1n) is 5.56. The fraction of sp³-hybridized carbons (Fsp3) is 0. The maximum Gasteiger partial charge on any atom is 0.335 e. The summed E-state index contributed by atoms with van der Waals surface area (Å²) in [7, 11) is 0. The van der Waals surface area contributed by atoms with E-state index in [1.165, 1.54) is 18.2 Å². The Morgan fingerprint density at radius 1 is 0.900 bits per heavy atom. The average Bonchev–Trinajstić information content (AvgIpc) is 2.38. The quantitative estimate of drug-likeness (QED) is 0.902. The molecule has 0 aromatic heterocycles. The number of hydrogen-bond acceptors (Lipinski definition) is 2. The number of amides is 1. The molecule has 0 aliphatic heterocycles. The van der Waals surface area contributed by atoms with Gasteiger partial charge in [0.25, 0.3) is 5.91 Å². The lowest BCUT2D eigenvalue weighted by Gasteiger charge is -2.07. The van der Waals surface area contributed by atoms with Crippen molar-refractivity contribution in [2.45, 2.75) is 0 Å². The average molecular weight is 310 g/mol. The second kappa shape index (κ2) is 5.94. The van der Waals surface area contributed by atoms with Crippen LogP contribution in [0.15, 0.2) is 42.5 Å². The number of aromatic carboxylic acids is 1. The van der Waals surface area contributed by atoms with Crippen LogP contribution in [0, 0.1) is 0 Å². The Morgan fingerprint density at radius 3 is 2.15 bits per heavy atom. The number of halogens is 2. The lowest BCUT2D eigenvalue weighted by atomic mass is 10.1. The molecule has 0 aliphatic rings. The number of carbonyl (C=O) groups excluding carboxylic acids is 1. The molecule has 4 nitrogen and oxygen atoms in total. The molecule has 0 unspecified atom stereocenters.